The molecular weight excluding hydrogens is 278 g/mol. The molecule has 1 aliphatic rings. The van der Waals surface area contributed by atoms with Gasteiger partial charge in [0.15, 0.2) is 0 Å². The third-order valence-corrected chi connectivity index (χ3v) is 4.39. The zero-order valence-corrected chi connectivity index (χ0v) is 12.3. The topological polar surface area (TPSA) is 82.5 Å². The lowest BCUT2D eigenvalue weighted by Crippen LogP contribution is -2.46. The van der Waals surface area contributed by atoms with Gasteiger partial charge in [-0.2, -0.15) is 0 Å². The van der Waals surface area contributed by atoms with Crippen molar-refractivity contribution in [3.05, 3.63) is 16.1 Å². The van der Waals surface area contributed by atoms with Gasteiger partial charge in [-0.15, -0.1) is 11.3 Å². The average Bonchev–Trinajstić information content (AvgIpc) is 2.89. The van der Waals surface area contributed by atoms with Crippen molar-refractivity contribution in [1.82, 2.24) is 15.2 Å². The van der Waals surface area contributed by atoms with Gasteiger partial charge in [-0.25, -0.2) is 4.98 Å². The first-order valence-electron chi connectivity index (χ1n) is 6.69. The molecule has 1 aromatic heterocycles. The van der Waals surface area contributed by atoms with Crippen molar-refractivity contribution in [3.63, 3.8) is 0 Å². The summed E-state index contributed by atoms with van der Waals surface area (Å²) >= 11 is 1.46. The molecule has 1 fully saturated rings. The van der Waals surface area contributed by atoms with E-state index in [1.165, 1.54) is 11.3 Å². The van der Waals surface area contributed by atoms with Gasteiger partial charge in [0.05, 0.1) is 6.54 Å². The summed E-state index contributed by atoms with van der Waals surface area (Å²) in [6, 6.07) is 0. The number of aliphatic hydroxyl groups excluding tert-OH is 1. The van der Waals surface area contributed by atoms with Gasteiger partial charge in [0.1, 0.15) is 5.01 Å². The van der Waals surface area contributed by atoms with Crippen molar-refractivity contribution in [3.8, 4) is 0 Å². The second-order valence-electron chi connectivity index (χ2n) is 4.98. The Morgan fingerprint density at radius 1 is 1.50 bits per heavy atom. The van der Waals surface area contributed by atoms with Crippen LogP contribution < -0.4 is 5.32 Å². The highest BCUT2D eigenvalue weighted by molar-refractivity contribution is 7.09. The minimum Gasteiger partial charge on any atom is -0.396 e. The number of aliphatic hydroxyl groups is 1. The van der Waals surface area contributed by atoms with Crippen molar-refractivity contribution in [2.75, 3.05) is 19.7 Å². The molecule has 1 aromatic rings. The van der Waals surface area contributed by atoms with Crippen molar-refractivity contribution in [2.24, 2.45) is 5.92 Å². The molecule has 0 spiro atoms. The van der Waals surface area contributed by atoms with Gasteiger partial charge >= 0.3 is 11.8 Å². The summed E-state index contributed by atoms with van der Waals surface area (Å²) in [5, 5.41) is 14.4. The number of amides is 2. The summed E-state index contributed by atoms with van der Waals surface area (Å²) in [6.07, 6.45) is 1.50. The van der Waals surface area contributed by atoms with Crippen molar-refractivity contribution in [2.45, 2.75) is 26.3 Å². The maximum absolute atomic E-state index is 12.0. The number of nitrogens with one attached hydrogen (secondary N) is 1. The van der Waals surface area contributed by atoms with Crippen LogP contribution in [0.15, 0.2) is 5.38 Å². The lowest BCUT2D eigenvalue weighted by molar-refractivity contribution is -0.147. The summed E-state index contributed by atoms with van der Waals surface area (Å²) < 4.78 is 0. The molecule has 0 aliphatic carbocycles. The van der Waals surface area contributed by atoms with Gasteiger partial charge in [-0.05, 0) is 25.7 Å². The largest absolute Gasteiger partial charge is 0.396 e. The zero-order valence-electron chi connectivity index (χ0n) is 11.5. The molecule has 0 bridgehead atoms. The van der Waals surface area contributed by atoms with Gasteiger partial charge in [-0.3, -0.25) is 9.59 Å². The van der Waals surface area contributed by atoms with Gasteiger partial charge < -0.3 is 15.3 Å². The number of hydrogen-bond donors (Lipinski definition) is 2. The lowest BCUT2D eigenvalue weighted by atomic mass is 9.98. The van der Waals surface area contributed by atoms with E-state index >= 15 is 0 Å². The van der Waals surface area contributed by atoms with E-state index in [1.54, 1.807) is 4.90 Å². The Kier molecular flexibility index (Phi) is 5.08. The van der Waals surface area contributed by atoms with E-state index in [2.05, 4.69) is 10.3 Å². The molecule has 110 valence electrons. The zero-order chi connectivity index (χ0) is 14.5. The minimum atomic E-state index is -0.583. The molecule has 0 unspecified atom stereocenters. The van der Waals surface area contributed by atoms with Crippen LogP contribution in [0.5, 0.6) is 0 Å². The number of nitrogens with zero attached hydrogens (tertiary/aromatic N) is 2. The fourth-order valence-corrected chi connectivity index (χ4v) is 2.89. The van der Waals surface area contributed by atoms with E-state index in [4.69, 9.17) is 5.11 Å². The molecule has 2 amide bonds. The average molecular weight is 297 g/mol. The predicted molar refractivity (Wildman–Crippen MR) is 75.1 cm³/mol. The number of likely N-dealkylation sites (tertiary alicyclic amines) is 1. The first-order chi connectivity index (χ1) is 9.60. The number of carbonyl (C=O) groups excluding carboxylic acids is 2. The van der Waals surface area contributed by atoms with Crippen LogP contribution in [0.25, 0.3) is 0 Å². The first kappa shape index (κ1) is 14.9. The summed E-state index contributed by atoms with van der Waals surface area (Å²) in [4.78, 5) is 29.5. The monoisotopic (exact) mass is 297 g/mol. The molecule has 2 N–H and O–H groups in total. The first-order valence-corrected chi connectivity index (χ1v) is 7.57. The van der Waals surface area contributed by atoms with Crippen molar-refractivity contribution < 1.29 is 14.7 Å². The second-order valence-corrected chi connectivity index (χ2v) is 5.93. The van der Waals surface area contributed by atoms with Crippen LogP contribution >= 0.6 is 11.3 Å². The molecule has 0 saturated carbocycles. The summed E-state index contributed by atoms with van der Waals surface area (Å²) in [5.74, 6) is -0.824. The summed E-state index contributed by atoms with van der Waals surface area (Å²) in [7, 11) is 0. The van der Waals surface area contributed by atoms with Crippen LogP contribution in [-0.2, 0) is 16.1 Å². The van der Waals surface area contributed by atoms with E-state index in [-0.39, 0.29) is 19.1 Å². The number of aromatic nitrogens is 1. The minimum absolute atomic E-state index is 0.150. The van der Waals surface area contributed by atoms with Crippen molar-refractivity contribution >= 4 is 23.2 Å². The van der Waals surface area contributed by atoms with Gasteiger partial charge in [0, 0.05) is 30.8 Å². The normalized spacial score (nSPS) is 16.2. The van der Waals surface area contributed by atoms with Gasteiger partial charge in [0.25, 0.3) is 0 Å². The molecular formula is C13H19N3O3S. The molecule has 2 rings (SSSR count). The molecule has 6 nitrogen and oxygen atoms in total. The van der Waals surface area contributed by atoms with Gasteiger partial charge in [0.2, 0.25) is 0 Å². The number of carbonyl (C=O) groups is 2. The van der Waals surface area contributed by atoms with Crippen LogP contribution in [0.3, 0.4) is 0 Å². The Bertz CT molecular complexity index is 481. The van der Waals surface area contributed by atoms with Crippen molar-refractivity contribution in [1.29, 1.82) is 0 Å². The smallest absolute Gasteiger partial charge is 0.311 e. The van der Waals surface area contributed by atoms with Crippen LogP contribution in [0, 0.1) is 12.8 Å². The van der Waals surface area contributed by atoms with E-state index in [0.29, 0.717) is 13.1 Å². The van der Waals surface area contributed by atoms with E-state index in [9.17, 15) is 9.59 Å². The quantitative estimate of drug-likeness (QED) is 0.786. The molecule has 0 radical (unpaired) electrons. The van der Waals surface area contributed by atoms with Crippen LogP contribution in [0.4, 0.5) is 0 Å². The Morgan fingerprint density at radius 3 is 2.75 bits per heavy atom. The number of rotatable bonds is 3. The van der Waals surface area contributed by atoms with E-state index in [0.717, 1.165) is 23.5 Å². The SMILES string of the molecule is Cc1csc(CNC(=O)C(=O)N2CCC(CO)CC2)n1. The molecule has 1 saturated heterocycles. The number of hydrogen-bond acceptors (Lipinski definition) is 5. The summed E-state index contributed by atoms with van der Waals surface area (Å²) in [6.45, 7) is 3.40. The second kappa shape index (κ2) is 6.81. The maximum atomic E-state index is 12.0. The standard InChI is InChI=1S/C13H19N3O3S/c1-9-8-20-11(15-9)6-14-12(18)13(19)16-4-2-10(7-17)3-5-16/h8,10,17H,2-7H2,1H3,(H,14,18). The Morgan fingerprint density at radius 2 is 2.20 bits per heavy atom. The molecule has 20 heavy (non-hydrogen) atoms. The van der Waals surface area contributed by atoms with Crippen LogP contribution in [-0.4, -0.2) is 46.5 Å². The van der Waals surface area contributed by atoms with E-state index in [1.807, 2.05) is 12.3 Å². The van der Waals surface area contributed by atoms with Crippen LogP contribution in [0.1, 0.15) is 23.5 Å². The highest BCUT2D eigenvalue weighted by Gasteiger charge is 2.26. The van der Waals surface area contributed by atoms with Crippen LogP contribution in [0.2, 0.25) is 0 Å². The highest BCUT2D eigenvalue weighted by Crippen LogP contribution is 2.16. The summed E-state index contributed by atoms with van der Waals surface area (Å²) in [5.41, 5.74) is 0.914. The molecule has 7 heteroatoms. The predicted octanol–water partition coefficient (Wildman–Crippen LogP) is 0.299. The Hall–Kier alpha value is -1.47. The van der Waals surface area contributed by atoms with E-state index < -0.39 is 11.8 Å². The van der Waals surface area contributed by atoms with Gasteiger partial charge in [-0.1, -0.05) is 0 Å². The molecule has 1 aliphatic heterocycles. The number of thiazole rings is 1. The fourth-order valence-electron chi connectivity index (χ4n) is 2.18. The lowest BCUT2D eigenvalue weighted by Gasteiger charge is -2.30. The highest BCUT2D eigenvalue weighted by atomic mass is 32.1. The maximum Gasteiger partial charge on any atom is 0.311 e. The molecule has 2 heterocycles. The number of aryl methyl sites for hydroxylation is 1. The Labute approximate surface area is 121 Å². The third kappa shape index (κ3) is 3.77. The third-order valence-electron chi connectivity index (χ3n) is 3.42. The molecule has 0 aromatic carbocycles. The number of piperidine rings is 1. The Balaban J connectivity index is 1.79. The molecule has 0 atom stereocenters. The fraction of sp³-hybridized carbons (Fsp3) is 0.615.